The van der Waals surface area contributed by atoms with Crippen LogP contribution in [0.1, 0.15) is 20.3 Å². The van der Waals surface area contributed by atoms with Crippen LogP contribution < -0.4 is 0 Å². The number of carbonyl (C=O) groups is 1. The number of rotatable bonds is 4. The number of carbonyl (C=O) groups excluding carboxylic acids is 1. The molecule has 0 heterocycles. The molecule has 0 aromatic heterocycles. The normalized spacial score (nSPS) is 9.38. The van der Waals surface area contributed by atoms with Crippen molar-refractivity contribution in [1.82, 2.24) is 4.90 Å². The van der Waals surface area contributed by atoms with Gasteiger partial charge in [0.05, 0.1) is 13.5 Å². The van der Waals surface area contributed by atoms with Gasteiger partial charge in [-0.15, -0.1) is 13.2 Å². The topological polar surface area (TPSA) is 29.5 Å². The molecule has 0 bridgehead atoms. The Morgan fingerprint density at radius 1 is 1.46 bits per heavy atom. The summed E-state index contributed by atoms with van der Waals surface area (Å²) < 4.78 is 4.51. The lowest BCUT2D eigenvalue weighted by atomic mass is 10.3. The minimum Gasteiger partial charge on any atom is -0.469 e. The third-order valence-electron chi connectivity index (χ3n) is 1.78. The van der Waals surface area contributed by atoms with Crippen LogP contribution >= 0.6 is 0 Å². The Bertz CT molecular complexity index is 135. The summed E-state index contributed by atoms with van der Waals surface area (Å²) in [4.78, 5) is 12.8. The van der Waals surface area contributed by atoms with Gasteiger partial charge in [-0.25, -0.2) is 0 Å². The minimum atomic E-state index is -0.141. The zero-order chi connectivity index (χ0) is 10.9. The van der Waals surface area contributed by atoms with Crippen LogP contribution in [0.4, 0.5) is 0 Å². The average molecular weight is 187 g/mol. The Morgan fingerprint density at radius 3 is 2.23 bits per heavy atom. The smallest absolute Gasteiger partial charge is 0.306 e. The Hall–Kier alpha value is -0.830. The Kier molecular flexibility index (Phi) is 10.5. The average Bonchev–Trinajstić information content (AvgIpc) is 2.16. The maximum atomic E-state index is 10.7. The van der Waals surface area contributed by atoms with E-state index < -0.39 is 0 Å². The Labute approximate surface area is 81.4 Å². The molecule has 0 aromatic rings. The summed E-state index contributed by atoms with van der Waals surface area (Å²) in [7, 11) is 3.41. The molecule has 78 valence electrons. The zero-order valence-corrected chi connectivity index (χ0v) is 9.17. The summed E-state index contributed by atoms with van der Waals surface area (Å²) in [5, 5.41) is 0. The van der Waals surface area contributed by atoms with Gasteiger partial charge in [-0.05, 0) is 20.9 Å². The van der Waals surface area contributed by atoms with Crippen molar-refractivity contribution in [3.8, 4) is 0 Å². The molecule has 0 atom stereocenters. The van der Waals surface area contributed by atoms with Crippen LogP contribution in [-0.2, 0) is 9.53 Å². The third-order valence-corrected chi connectivity index (χ3v) is 1.78. The number of nitrogens with zero attached hydrogens (tertiary/aromatic N) is 1. The lowest BCUT2D eigenvalue weighted by molar-refractivity contribution is -0.140. The molecular formula is C10H21NO2. The fourth-order valence-electron chi connectivity index (χ4n) is 0.628. The minimum absolute atomic E-state index is 0.141. The SMILES string of the molecule is C=C.COC(=O)CCN(C)C(C)C. The van der Waals surface area contributed by atoms with E-state index in [1.165, 1.54) is 7.11 Å². The van der Waals surface area contributed by atoms with Crippen LogP contribution in [0.3, 0.4) is 0 Å². The van der Waals surface area contributed by atoms with Gasteiger partial charge in [-0.1, -0.05) is 0 Å². The van der Waals surface area contributed by atoms with Gasteiger partial charge < -0.3 is 9.64 Å². The largest absolute Gasteiger partial charge is 0.469 e. The van der Waals surface area contributed by atoms with Gasteiger partial charge in [-0.3, -0.25) is 4.79 Å². The molecule has 0 aliphatic carbocycles. The van der Waals surface area contributed by atoms with Gasteiger partial charge >= 0.3 is 5.97 Å². The first-order chi connectivity index (χ1) is 6.07. The lowest BCUT2D eigenvalue weighted by Gasteiger charge is -2.19. The summed E-state index contributed by atoms with van der Waals surface area (Å²) in [6.07, 6.45) is 0.477. The molecule has 13 heavy (non-hydrogen) atoms. The van der Waals surface area contributed by atoms with Crippen molar-refractivity contribution < 1.29 is 9.53 Å². The fourth-order valence-corrected chi connectivity index (χ4v) is 0.628. The Morgan fingerprint density at radius 2 is 1.92 bits per heavy atom. The highest BCUT2D eigenvalue weighted by Crippen LogP contribution is 1.95. The van der Waals surface area contributed by atoms with Crippen LogP contribution in [-0.4, -0.2) is 37.6 Å². The lowest BCUT2D eigenvalue weighted by Crippen LogP contribution is -2.28. The monoisotopic (exact) mass is 187 g/mol. The van der Waals surface area contributed by atoms with Crippen molar-refractivity contribution in [2.24, 2.45) is 0 Å². The summed E-state index contributed by atoms with van der Waals surface area (Å²) in [6.45, 7) is 11.0. The van der Waals surface area contributed by atoms with E-state index in [1.54, 1.807) is 0 Å². The standard InChI is InChI=1S/C8H17NO2.C2H4/c1-7(2)9(3)6-5-8(10)11-4;1-2/h7H,5-6H2,1-4H3;1-2H2. The van der Waals surface area contributed by atoms with Crippen molar-refractivity contribution in [3.63, 3.8) is 0 Å². The molecule has 0 aliphatic heterocycles. The molecule has 0 unspecified atom stereocenters. The summed E-state index contributed by atoms with van der Waals surface area (Å²) in [5.74, 6) is -0.141. The predicted molar refractivity (Wildman–Crippen MR) is 55.7 cm³/mol. The molecule has 3 nitrogen and oxygen atoms in total. The second kappa shape index (κ2) is 9.26. The quantitative estimate of drug-likeness (QED) is 0.495. The highest BCUT2D eigenvalue weighted by atomic mass is 16.5. The zero-order valence-electron chi connectivity index (χ0n) is 9.17. The van der Waals surface area contributed by atoms with E-state index in [2.05, 4.69) is 36.6 Å². The first-order valence-corrected chi connectivity index (χ1v) is 4.35. The molecule has 0 aromatic carbocycles. The van der Waals surface area contributed by atoms with Crippen molar-refractivity contribution in [1.29, 1.82) is 0 Å². The summed E-state index contributed by atoms with van der Waals surface area (Å²) >= 11 is 0. The number of methoxy groups -OCH3 is 1. The van der Waals surface area contributed by atoms with Gasteiger partial charge in [0.1, 0.15) is 0 Å². The van der Waals surface area contributed by atoms with Crippen molar-refractivity contribution >= 4 is 5.97 Å². The van der Waals surface area contributed by atoms with E-state index >= 15 is 0 Å². The van der Waals surface area contributed by atoms with Crippen LogP contribution in [0.15, 0.2) is 13.2 Å². The molecule has 0 spiro atoms. The second-order valence-electron chi connectivity index (χ2n) is 2.90. The van der Waals surface area contributed by atoms with Crippen LogP contribution in [0.5, 0.6) is 0 Å². The molecule has 0 amide bonds. The van der Waals surface area contributed by atoms with Gasteiger partial charge in [0.25, 0.3) is 0 Å². The molecule has 0 N–H and O–H groups in total. The summed E-state index contributed by atoms with van der Waals surface area (Å²) in [5.41, 5.74) is 0. The molecule has 3 heteroatoms. The van der Waals surface area contributed by atoms with Crippen LogP contribution in [0.2, 0.25) is 0 Å². The first kappa shape index (κ1) is 14.7. The van der Waals surface area contributed by atoms with Crippen molar-refractivity contribution in [3.05, 3.63) is 13.2 Å². The second-order valence-corrected chi connectivity index (χ2v) is 2.90. The number of esters is 1. The molecule has 0 fully saturated rings. The number of ether oxygens (including phenoxy) is 1. The van der Waals surface area contributed by atoms with E-state index in [9.17, 15) is 4.79 Å². The number of hydrogen-bond acceptors (Lipinski definition) is 3. The van der Waals surface area contributed by atoms with Gasteiger partial charge in [0.15, 0.2) is 0 Å². The summed E-state index contributed by atoms with van der Waals surface area (Å²) in [6, 6.07) is 0.486. The van der Waals surface area contributed by atoms with E-state index in [4.69, 9.17) is 0 Å². The molecule has 0 saturated heterocycles. The molecule has 0 rings (SSSR count). The van der Waals surface area contributed by atoms with Crippen LogP contribution in [0, 0.1) is 0 Å². The molecule has 0 aliphatic rings. The Balaban J connectivity index is 0. The van der Waals surface area contributed by atoms with Gasteiger partial charge in [0.2, 0.25) is 0 Å². The van der Waals surface area contributed by atoms with E-state index in [1.807, 2.05) is 7.05 Å². The first-order valence-electron chi connectivity index (χ1n) is 4.35. The van der Waals surface area contributed by atoms with Gasteiger partial charge in [-0.2, -0.15) is 0 Å². The van der Waals surface area contributed by atoms with Crippen LogP contribution in [0.25, 0.3) is 0 Å². The van der Waals surface area contributed by atoms with Crippen molar-refractivity contribution in [2.45, 2.75) is 26.3 Å². The highest BCUT2D eigenvalue weighted by Gasteiger charge is 2.05. The van der Waals surface area contributed by atoms with Gasteiger partial charge in [0, 0.05) is 12.6 Å². The molecular weight excluding hydrogens is 166 g/mol. The third kappa shape index (κ3) is 9.08. The van der Waals surface area contributed by atoms with E-state index in [0.29, 0.717) is 12.5 Å². The predicted octanol–water partition coefficient (Wildman–Crippen LogP) is 1.69. The van der Waals surface area contributed by atoms with E-state index in [-0.39, 0.29) is 5.97 Å². The van der Waals surface area contributed by atoms with E-state index in [0.717, 1.165) is 6.54 Å². The fraction of sp³-hybridized carbons (Fsp3) is 0.700. The maximum Gasteiger partial charge on any atom is 0.306 e. The number of hydrogen-bond donors (Lipinski definition) is 0. The molecule has 0 saturated carbocycles. The molecule has 0 radical (unpaired) electrons. The maximum absolute atomic E-state index is 10.7. The van der Waals surface area contributed by atoms with Crippen molar-refractivity contribution in [2.75, 3.05) is 20.7 Å². The highest BCUT2D eigenvalue weighted by molar-refractivity contribution is 5.69.